The van der Waals surface area contributed by atoms with Gasteiger partial charge in [0.25, 0.3) is 0 Å². The molecule has 0 aliphatic carbocycles. The van der Waals surface area contributed by atoms with E-state index in [2.05, 4.69) is 37.9 Å². The van der Waals surface area contributed by atoms with Gasteiger partial charge in [-0.25, -0.2) is 4.98 Å². The Morgan fingerprint density at radius 3 is 2.50 bits per heavy atom. The maximum atomic E-state index is 10.3. The zero-order chi connectivity index (χ0) is 17.2. The summed E-state index contributed by atoms with van der Waals surface area (Å²) in [6.07, 6.45) is 1.16. The Labute approximate surface area is 142 Å². The molecule has 1 atom stereocenters. The van der Waals surface area contributed by atoms with Gasteiger partial charge in [0.2, 0.25) is 0 Å². The van der Waals surface area contributed by atoms with Crippen LogP contribution in [0, 0.1) is 0 Å². The first kappa shape index (κ1) is 16.5. The molecule has 0 saturated heterocycles. The number of fused-ring (bicyclic) bond motifs is 1. The summed E-state index contributed by atoms with van der Waals surface area (Å²) in [6.45, 7) is 7.26. The van der Waals surface area contributed by atoms with Gasteiger partial charge in [0.15, 0.2) is 0 Å². The van der Waals surface area contributed by atoms with Crippen molar-refractivity contribution in [1.82, 2.24) is 9.55 Å². The molecule has 0 fully saturated rings. The Hall–Kier alpha value is -2.33. The van der Waals surface area contributed by atoms with Gasteiger partial charge in [0.05, 0.1) is 23.9 Å². The molecule has 0 amide bonds. The lowest BCUT2D eigenvalue weighted by atomic mass is 9.87. The van der Waals surface area contributed by atoms with Crippen molar-refractivity contribution >= 4 is 11.0 Å². The molecule has 0 aliphatic heterocycles. The molecule has 1 aromatic heterocycles. The predicted octanol–water partition coefficient (Wildman–Crippen LogP) is 3.77. The van der Waals surface area contributed by atoms with Crippen LogP contribution < -0.4 is 4.74 Å². The third-order valence-electron chi connectivity index (χ3n) is 4.10. The van der Waals surface area contributed by atoms with Crippen LogP contribution in [0.5, 0.6) is 5.75 Å². The summed E-state index contributed by atoms with van der Waals surface area (Å²) < 4.78 is 7.66. The smallest absolute Gasteiger partial charge is 0.119 e. The van der Waals surface area contributed by atoms with Crippen molar-refractivity contribution in [2.75, 3.05) is 6.61 Å². The van der Waals surface area contributed by atoms with Crippen LogP contribution in [0.2, 0.25) is 0 Å². The van der Waals surface area contributed by atoms with E-state index in [9.17, 15) is 5.11 Å². The molecule has 1 heterocycles. The van der Waals surface area contributed by atoms with E-state index in [4.69, 9.17) is 4.74 Å². The summed E-state index contributed by atoms with van der Waals surface area (Å²) in [5, 5.41) is 10.3. The second kappa shape index (κ2) is 6.65. The lowest BCUT2D eigenvalue weighted by molar-refractivity contribution is 0.0934. The SMILES string of the molecule is CC(C)(C)c1ccc(OCC(O)Cn2cnc3ccccc32)cc1. The van der Waals surface area contributed by atoms with Crippen molar-refractivity contribution in [3.05, 3.63) is 60.4 Å². The molecule has 0 spiro atoms. The molecule has 1 unspecified atom stereocenters. The lowest BCUT2D eigenvalue weighted by Crippen LogP contribution is -2.23. The highest BCUT2D eigenvalue weighted by atomic mass is 16.5. The van der Waals surface area contributed by atoms with E-state index in [-0.39, 0.29) is 12.0 Å². The molecule has 0 radical (unpaired) electrons. The Balaban J connectivity index is 1.58. The number of hydrogen-bond acceptors (Lipinski definition) is 3. The largest absolute Gasteiger partial charge is 0.491 e. The van der Waals surface area contributed by atoms with Crippen molar-refractivity contribution in [2.45, 2.75) is 38.8 Å². The summed E-state index contributed by atoms with van der Waals surface area (Å²) in [6, 6.07) is 16.0. The first-order valence-corrected chi connectivity index (χ1v) is 8.25. The van der Waals surface area contributed by atoms with Crippen molar-refractivity contribution in [1.29, 1.82) is 0 Å². The fraction of sp³-hybridized carbons (Fsp3) is 0.350. The molecule has 0 aliphatic rings. The Morgan fingerprint density at radius 2 is 1.79 bits per heavy atom. The molecule has 0 saturated carbocycles. The number of nitrogens with zero attached hydrogens (tertiary/aromatic N) is 2. The molecule has 3 aromatic rings. The second-order valence-corrected chi connectivity index (χ2v) is 7.12. The minimum Gasteiger partial charge on any atom is -0.491 e. The van der Waals surface area contributed by atoms with Crippen LogP contribution in [0.15, 0.2) is 54.9 Å². The number of ether oxygens (including phenoxy) is 1. The lowest BCUT2D eigenvalue weighted by Gasteiger charge is -2.19. The van der Waals surface area contributed by atoms with Crippen LogP contribution >= 0.6 is 0 Å². The molecule has 3 rings (SSSR count). The Morgan fingerprint density at radius 1 is 1.08 bits per heavy atom. The third-order valence-corrected chi connectivity index (χ3v) is 4.10. The highest BCUT2D eigenvalue weighted by Gasteiger charge is 2.13. The Kier molecular flexibility index (Phi) is 4.58. The van der Waals surface area contributed by atoms with Crippen molar-refractivity contribution in [2.24, 2.45) is 0 Å². The normalized spacial score (nSPS) is 13.2. The minimum atomic E-state index is -0.593. The molecule has 24 heavy (non-hydrogen) atoms. The summed E-state index contributed by atoms with van der Waals surface area (Å²) in [4.78, 5) is 4.33. The van der Waals surface area contributed by atoms with Crippen LogP contribution in [-0.2, 0) is 12.0 Å². The molecule has 4 heteroatoms. The summed E-state index contributed by atoms with van der Waals surface area (Å²) >= 11 is 0. The number of rotatable bonds is 5. The second-order valence-electron chi connectivity index (χ2n) is 7.12. The van der Waals surface area contributed by atoms with Crippen molar-refractivity contribution in [3.8, 4) is 5.75 Å². The van der Waals surface area contributed by atoms with Crippen LogP contribution in [0.4, 0.5) is 0 Å². The standard InChI is InChI=1S/C20H24N2O2/c1-20(2,3)15-8-10-17(11-9-15)24-13-16(23)12-22-14-21-18-6-4-5-7-19(18)22/h4-11,14,16,23H,12-13H2,1-3H3. The van der Waals surface area contributed by atoms with Gasteiger partial charge in [0.1, 0.15) is 18.5 Å². The van der Waals surface area contributed by atoms with E-state index < -0.39 is 6.10 Å². The highest BCUT2D eigenvalue weighted by molar-refractivity contribution is 5.74. The minimum absolute atomic E-state index is 0.126. The number of aromatic nitrogens is 2. The van der Waals surface area contributed by atoms with Crippen LogP contribution in [0.3, 0.4) is 0 Å². The van der Waals surface area contributed by atoms with E-state index in [1.165, 1.54) is 5.56 Å². The van der Waals surface area contributed by atoms with E-state index in [0.29, 0.717) is 6.54 Å². The number of imidazole rings is 1. The van der Waals surface area contributed by atoms with E-state index in [1.807, 2.05) is 41.0 Å². The summed E-state index contributed by atoms with van der Waals surface area (Å²) in [7, 11) is 0. The molecule has 2 aromatic carbocycles. The van der Waals surface area contributed by atoms with Gasteiger partial charge in [0, 0.05) is 0 Å². The van der Waals surface area contributed by atoms with E-state index >= 15 is 0 Å². The number of hydrogen-bond donors (Lipinski definition) is 1. The Bertz CT molecular complexity index is 800. The van der Waals surface area contributed by atoms with Gasteiger partial charge < -0.3 is 14.4 Å². The molecular formula is C20H24N2O2. The topological polar surface area (TPSA) is 47.3 Å². The number of aliphatic hydroxyl groups is 1. The first-order chi connectivity index (χ1) is 11.4. The number of benzene rings is 2. The maximum absolute atomic E-state index is 10.3. The van der Waals surface area contributed by atoms with E-state index in [1.54, 1.807) is 6.33 Å². The van der Waals surface area contributed by atoms with Crippen LogP contribution in [0.1, 0.15) is 26.3 Å². The van der Waals surface area contributed by atoms with E-state index in [0.717, 1.165) is 16.8 Å². The quantitative estimate of drug-likeness (QED) is 0.777. The fourth-order valence-corrected chi connectivity index (χ4v) is 2.68. The average molecular weight is 324 g/mol. The monoisotopic (exact) mass is 324 g/mol. The molecule has 1 N–H and O–H groups in total. The number of aliphatic hydroxyl groups excluding tert-OH is 1. The average Bonchev–Trinajstić information content (AvgIpc) is 2.96. The van der Waals surface area contributed by atoms with Gasteiger partial charge in [-0.3, -0.25) is 0 Å². The summed E-state index contributed by atoms with van der Waals surface area (Å²) in [5.74, 6) is 0.775. The maximum Gasteiger partial charge on any atom is 0.119 e. The van der Waals surface area contributed by atoms with Crippen LogP contribution in [-0.4, -0.2) is 27.4 Å². The summed E-state index contributed by atoms with van der Waals surface area (Å²) in [5.41, 5.74) is 3.34. The van der Waals surface area contributed by atoms with Gasteiger partial charge in [-0.15, -0.1) is 0 Å². The first-order valence-electron chi connectivity index (χ1n) is 8.25. The molecular weight excluding hydrogens is 300 g/mol. The molecule has 126 valence electrons. The zero-order valence-electron chi connectivity index (χ0n) is 14.4. The number of para-hydroxylation sites is 2. The molecule has 4 nitrogen and oxygen atoms in total. The third kappa shape index (κ3) is 3.77. The predicted molar refractivity (Wildman–Crippen MR) is 96.4 cm³/mol. The van der Waals surface area contributed by atoms with Crippen LogP contribution in [0.25, 0.3) is 11.0 Å². The van der Waals surface area contributed by atoms with Crippen molar-refractivity contribution in [3.63, 3.8) is 0 Å². The fourth-order valence-electron chi connectivity index (χ4n) is 2.68. The molecule has 0 bridgehead atoms. The van der Waals surface area contributed by atoms with Gasteiger partial charge in [-0.1, -0.05) is 45.0 Å². The van der Waals surface area contributed by atoms with Gasteiger partial charge in [-0.2, -0.15) is 0 Å². The zero-order valence-corrected chi connectivity index (χ0v) is 14.4. The van der Waals surface area contributed by atoms with Gasteiger partial charge >= 0.3 is 0 Å². The van der Waals surface area contributed by atoms with Crippen molar-refractivity contribution < 1.29 is 9.84 Å². The van der Waals surface area contributed by atoms with Gasteiger partial charge in [-0.05, 0) is 35.2 Å². The highest BCUT2D eigenvalue weighted by Crippen LogP contribution is 2.24.